The molecule has 3 heterocycles. The monoisotopic (exact) mass is 487 g/mol. The molecule has 0 radical (unpaired) electrons. The van der Waals surface area contributed by atoms with Gasteiger partial charge in [-0.2, -0.15) is 22.0 Å². The molecule has 2 aliphatic heterocycles. The van der Waals surface area contributed by atoms with E-state index in [4.69, 9.17) is 4.98 Å². The fourth-order valence-corrected chi connectivity index (χ4v) is 4.79. The van der Waals surface area contributed by atoms with Crippen LogP contribution in [0.25, 0.3) is 0 Å². The number of hydrogen-bond donors (Lipinski definition) is 2. The molecule has 2 N–H and O–H groups in total. The first kappa shape index (κ1) is 26.6. The Labute approximate surface area is 208 Å². The zero-order valence-electron chi connectivity index (χ0n) is 21.6. The van der Waals surface area contributed by atoms with Crippen LogP contribution in [-0.4, -0.2) is 76.9 Å². The lowest BCUT2D eigenvalue weighted by Gasteiger charge is -2.39. The van der Waals surface area contributed by atoms with Crippen molar-refractivity contribution in [2.45, 2.75) is 65.3 Å². The van der Waals surface area contributed by atoms with Crippen molar-refractivity contribution in [3.8, 4) is 0 Å². The van der Waals surface area contributed by atoms with Crippen molar-refractivity contribution in [1.82, 2.24) is 20.2 Å². The lowest BCUT2D eigenvalue weighted by molar-refractivity contribution is 0.0606. The van der Waals surface area contributed by atoms with Gasteiger partial charge in [0, 0.05) is 62.4 Å². The molecular weight excluding hydrogens is 446 g/mol. The van der Waals surface area contributed by atoms with Crippen LogP contribution in [0.2, 0.25) is 0 Å². The maximum atomic E-state index is 14.0. The summed E-state index contributed by atoms with van der Waals surface area (Å²) in [5, 5.41) is 15.4. The minimum Gasteiger partial charge on any atom is -0.369 e. The lowest BCUT2D eigenvalue weighted by Crippen LogP contribution is -2.53. The summed E-state index contributed by atoms with van der Waals surface area (Å²) in [6.07, 6.45) is 8.41. The zero-order valence-corrected chi connectivity index (χ0v) is 22.4. The minimum atomic E-state index is -0.195. The third kappa shape index (κ3) is 7.01. The molecular formula is C25H41N7OS. The molecule has 1 aromatic heterocycles. The minimum absolute atomic E-state index is 0.00131. The Hall–Kier alpha value is -2.00. The molecule has 0 aromatic carbocycles. The molecule has 8 nitrogen and oxygen atoms in total. The second kappa shape index (κ2) is 12.1. The van der Waals surface area contributed by atoms with Crippen LogP contribution in [0, 0.1) is 11.8 Å². The van der Waals surface area contributed by atoms with Gasteiger partial charge >= 0.3 is 0 Å². The second-order valence-corrected chi connectivity index (χ2v) is 11.7. The molecule has 1 amide bonds. The van der Waals surface area contributed by atoms with Gasteiger partial charge in [-0.15, -0.1) is 0 Å². The van der Waals surface area contributed by atoms with Gasteiger partial charge in [-0.1, -0.05) is 34.6 Å². The van der Waals surface area contributed by atoms with Crippen molar-refractivity contribution in [2.24, 2.45) is 22.0 Å². The highest BCUT2D eigenvalue weighted by atomic mass is 32.2. The highest BCUT2D eigenvalue weighted by molar-refractivity contribution is 7.98. The summed E-state index contributed by atoms with van der Waals surface area (Å²) in [4.78, 5) is 25.5. The molecule has 0 aliphatic carbocycles. The third-order valence-corrected chi connectivity index (χ3v) is 6.83. The number of aromatic nitrogens is 2. The molecule has 3 rings (SSSR count). The van der Waals surface area contributed by atoms with Crippen molar-refractivity contribution >= 4 is 35.4 Å². The summed E-state index contributed by atoms with van der Waals surface area (Å²) in [6.45, 7) is 13.7. The maximum absolute atomic E-state index is 14.0. The SMILES string of the molecule is CSCCCNc1nc(C(C)(C)C)ncc1C(=O)N(CC(C)C)[C@@H]1CNC[C@H](C2=NN=CC2)C1. The van der Waals surface area contributed by atoms with E-state index in [1.54, 1.807) is 6.20 Å². The van der Waals surface area contributed by atoms with E-state index >= 15 is 0 Å². The summed E-state index contributed by atoms with van der Waals surface area (Å²) in [7, 11) is 0. The Morgan fingerprint density at radius 3 is 2.76 bits per heavy atom. The predicted octanol–water partition coefficient (Wildman–Crippen LogP) is 3.85. The van der Waals surface area contributed by atoms with Gasteiger partial charge in [0.05, 0.1) is 5.71 Å². The number of carbonyl (C=O) groups excluding carboxylic acids is 1. The molecule has 9 heteroatoms. The van der Waals surface area contributed by atoms with Gasteiger partial charge in [-0.05, 0) is 30.8 Å². The van der Waals surface area contributed by atoms with Crippen molar-refractivity contribution in [3.63, 3.8) is 0 Å². The highest BCUT2D eigenvalue weighted by Gasteiger charge is 2.34. The van der Waals surface area contributed by atoms with E-state index in [1.807, 2.05) is 22.9 Å². The molecule has 0 spiro atoms. The molecule has 188 valence electrons. The average Bonchev–Trinajstić information content (AvgIpc) is 3.34. The van der Waals surface area contributed by atoms with Crippen LogP contribution in [0.5, 0.6) is 0 Å². The van der Waals surface area contributed by atoms with Gasteiger partial charge in [-0.3, -0.25) is 4.79 Å². The summed E-state index contributed by atoms with van der Waals surface area (Å²) >= 11 is 1.82. The van der Waals surface area contributed by atoms with Crippen molar-refractivity contribution in [1.29, 1.82) is 0 Å². The van der Waals surface area contributed by atoms with Crippen LogP contribution in [0.15, 0.2) is 16.4 Å². The number of carbonyl (C=O) groups is 1. The van der Waals surface area contributed by atoms with Crippen molar-refractivity contribution in [2.75, 3.05) is 43.5 Å². The van der Waals surface area contributed by atoms with Gasteiger partial charge < -0.3 is 15.5 Å². The molecule has 0 unspecified atom stereocenters. The van der Waals surface area contributed by atoms with Gasteiger partial charge in [0.1, 0.15) is 17.2 Å². The average molecular weight is 488 g/mol. The first-order valence-electron chi connectivity index (χ1n) is 12.4. The maximum Gasteiger partial charge on any atom is 0.259 e. The van der Waals surface area contributed by atoms with E-state index in [0.29, 0.717) is 29.8 Å². The smallest absolute Gasteiger partial charge is 0.259 e. The Kier molecular flexibility index (Phi) is 9.47. The summed E-state index contributed by atoms with van der Waals surface area (Å²) in [5.74, 6) is 3.10. The molecule has 1 saturated heterocycles. The second-order valence-electron chi connectivity index (χ2n) is 10.7. The molecule has 2 atom stereocenters. The van der Waals surface area contributed by atoms with Crippen LogP contribution in [-0.2, 0) is 5.41 Å². The summed E-state index contributed by atoms with van der Waals surface area (Å²) < 4.78 is 0. The van der Waals surface area contributed by atoms with Gasteiger partial charge in [0.15, 0.2) is 0 Å². The van der Waals surface area contributed by atoms with E-state index in [1.165, 1.54) is 0 Å². The first-order valence-corrected chi connectivity index (χ1v) is 13.8. The van der Waals surface area contributed by atoms with Gasteiger partial charge in [0.25, 0.3) is 5.91 Å². The Balaban J connectivity index is 1.87. The predicted molar refractivity (Wildman–Crippen MR) is 143 cm³/mol. The number of anilines is 1. The molecule has 0 bridgehead atoms. The van der Waals surface area contributed by atoms with Crippen LogP contribution in [0.4, 0.5) is 5.82 Å². The molecule has 0 saturated carbocycles. The van der Waals surface area contributed by atoms with E-state index in [2.05, 4.69) is 66.7 Å². The number of piperidine rings is 1. The molecule has 34 heavy (non-hydrogen) atoms. The molecule has 2 aliphatic rings. The largest absolute Gasteiger partial charge is 0.369 e. The number of thioether (sulfide) groups is 1. The molecule has 1 fully saturated rings. The number of amides is 1. The highest BCUT2D eigenvalue weighted by Crippen LogP contribution is 2.26. The van der Waals surface area contributed by atoms with E-state index in [0.717, 1.165) is 56.2 Å². The van der Waals surface area contributed by atoms with E-state index in [-0.39, 0.29) is 17.4 Å². The van der Waals surface area contributed by atoms with Crippen LogP contribution in [0.3, 0.4) is 0 Å². The summed E-state index contributed by atoms with van der Waals surface area (Å²) in [6, 6.07) is 0.0867. The summed E-state index contributed by atoms with van der Waals surface area (Å²) in [5.41, 5.74) is 1.48. The Morgan fingerprint density at radius 1 is 1.32 bits per heavy atom. The Bertz CT molecular complexity index is 894. The number of nitrogens with zero attached hydrogens (tertiary/aromatic N) is 5. The van der Waals surface area contributed by atoms with Gasteiger partial charge in [-0.25, -0.2) is 9.97 Å². The number of nitrogens with one attached hydrogen (secondary N) is 2. The van der Waals surface area contributed by atoms with Crippen LogP contribution in [0.1, 0.15) is 70.1 Å². The van der Waals surface area contributed by atoms with Crippen LogP contribution < -0.4 is 10.6 Å². The van der Waals surface area contributed by atoms with Gasteiger partial charge in [0.2, 0.25) is 0 Å². The lowest BCUT2D eigenvalue weighted by atomic mass is 9.89. The first-order chi connectivity index (χ1) is 16.2. The fourth-order valence-electron chi connectivity index (χ4n) is 4.35. The zero-order chi connectivity index (χ0) is 24.7. The van der Waals surface area contributed by atoms with Crippen LogP contribution >= 0.6 is 11.8 Å². The quantitative estimate of drug-likeness (QED) is 0.487. The van der Waals surface area contributed by atoms with E-state index < -0.39 is 0 Å². The molecule has 1 aromatic rings. The Morgan fingerprint density at radius 2 is 2.12 bits per heavy atom. The topological polar surface area (TPSA) is 94.9 Å². The normalized spacial score (nSPS) is 20.5. The fraction of sp³-hybridized carbons (Fsp3) is 0.720. The standard InChI is InChI=1S/C25H41N7OS/c1-17(2)16-32(19-12-18(13-26-14-19)21-8-10-29-31-21)23(33)20-15-28-24(25(3,4)5)30-22(20)27-9-7-11-34-6/h10,15,17-19,26H,7-9,11-14,16H2,1-6H3,(H,27,28,30)/t18-,19+/m1/s1. The number of hydrogen-bond acceptors (Lipinski definition) is 8. The number of rotatable bonds is 10. The van der Waals surface area contributed by atoms with Crippen molar-refractivity contribution < 1.29 is 4.79 Å². The third-order valence-electron chi connectivity index (χ3n) is 6.14. The van der Waals surface area contributed by atoms with Crippen molar-refractivity contribution in [3.05, 3.63) is 17.6 Å². The van der Waals surface area contributed by atoms with E-state index in [9.17, 15) is 4.79 Å².